The molecule has 0 aromatic carbocycles. The molecule has 2 fully saturated rings. The Bertz CT molecular complexity index is 609. The van der Waals surface area contributed by atoms with Gasteiger partial charge in [-0.25, -0.2) is 9.78 Å². The summed E-state index contributed by atoms with van der Waals surface area (Å²) in [7, 11) is 0. The number of nitrogens with one attached hydrogen (secondary N) is 1. The van der Waals surface area contributed by atoms with E-state index in [0.717, 1.165) is 51.3 Å². The molecular formula is C17H26N4O3S. The molecular weight excluding hydrogens is 340 g/mol. The van der Waals surface area contributed by atoms with Gasteiger partial charge in [-0.05, 0) is 26.7 Å². The Morgan fingerprint density at radius 1 is 1.36 bits per heavy atom. The van der Waals surface area contributed by atoms with Crippen LogP contribution in [0.2, 0.25) is 0 Å². The van der Waals surface area contributed by atoms with Crippen molar-refractivity contribution in [2.75, 3.05) is 32.8 Å². The maximum absolute atomic E-state index is 12.2. The third kappa shape index (κ3) is 4.99. The first-order valence-electron chi connectivity index (χ1n) is 8.95. The number of ether oxygens (including phenoxy) is 1. The van der Waals surface area contributed by atoms with Gasteiger partial charge in [0, 0.05) is 44.1 Å². The normalized spacial score (nSPS) is 20.2. The van der Waals surface area contributed by atoms with Crippen molar-refractivity contribution in [2.24, 2.45) is 0 Å². The summed E-state index contributed by atoms with van der Waals surface area (Å²) >= 11 is 1.33. The van der Waals surface area contributed by atoms with Crippen LogP contribution in [0.5, 0.6) is 0 Å². The quantitative estimate of drug-likeness (QED) is 0.729. The summed E-state index contributed by atoms with van der Waals surface area (Å²) in [5.41, 5.74) is 0.904. The van der Waals surface area contributed by atoms with Crippen LogP contribution < -0.4 is 5.32 Å². The number of hydrogen-bond donors (Lipinski definition) is 1. The lowest BCUT2D eigenvalue weighted by atomic mass is 10.2. The van der Waals surface area contributed by atoms with Crippen LogP contribution in [0.25, 0.3) is 0 Å². The number of nitrogens with zero attached hydrogens (tertiary/aromatic N) is 3. The molecule has 1 aromatic rings. The zero-order valence-corrected chi connectivity index (χ0v) is 15.7. The first-order valence-corrected chi connectivity index (χ1v) is 9.83. The summed E-state index contributed by atoms with van der Waals surface area (Å²) in [6, 6.07) is 0.340. The first kappa shape index (κ1) is 18.3. The molecule has 0 unspecified atom stereocenters. The molecule has 1 aromatic heterocycles. The molecule has 2 heterocycles. The fourth-order valence-corrected chi connectivity index (χ4v) is 3.62. The molecule has 1 atom stereocenters. The number of carbonyl (C=O) groups excluding carboxylic acids is 2. The Kier molecular flexibility index (Phi) is 6.03. The standard InChI is InChI=1S/C17H26N4O3S/c1-3-24-17(23)16-19-14(11-25-16)10-20-6-8-21(9-7-20)12(2)15(22)18-13-4-5-13/h11-13H,3-10H2,1-2H3,(H,18,22)/t12-/m0/s1. The number of piperazine rings is 1. The number of thiazole rings is 1. The lowest BCUT2D eigenvalue weighted by Crippen LogP contribution is -2.53. The minimum atomic E-state index is -0.348. The largest absolute Gasteiger partial charge is 0.461 e. The van der Waals surface area contributed by atoms with E-state index in [1.165, 1.54) is 11.3 Å². The number of amides is 1. The van der Waals surface area contributed by atoms with Gasteiger partial charge in [0.15, 0.2) is 0 Å². The zero-order chi connectivity index (χ0) is 17.8. The zero-order valence-electron chi connectivity index (χ0n) is 14.9. The van der Waals surface area contributed by atoms with Crippen molar-refractivity contribution < 1.29 is 14.3 Å². The highest BCUT2D eigenvalue weighted by atomic mass is 32.1. The lowest BCUT2D eigenvalue weighted by molar-refractivity contribution is -0.126. The fourth-order valence-electron chi connectivity index (χ4n) is 2.92. The Morgan fingerprint density at radius 3 is 2.72 bits per heavy atom. The van der Waals surface area contributed by atoms with Crippen LogP contribution >= 0.6 is 11.3 Å². The van der Waals surface area contributed by atoms with Crippen molar-refractivity contribution >= 4 is 23.2 Å². The van der Waals surface area contributed by atoms with Gasteiger partial charge < -0.3 is 10.1 Å². The number of hydrogen-bond acceptors (Lipinski definition) is 7. The van der Waals surface area contributed by atoms with E-state index in [9.17, 15) is 9.59 Å². The van der Waals surface area contributed by atoms with Crippen molar-refractivity contribution in [1.82, 2.24) is 20.1 Å². The van der Waals surface area contributed by atoms with E-state index in [4.69, 9.17) is 4.74 Å². The van der Waals surface area contributed by atoms with Crippen molar-refractivity contribution in [3.05, 3.63) is 16.1 Å². The van der Waals surface area contributed by atoms with E-state index >= 15 is 0 Å². The smallest absolute Gasteiger partial charge is 0.367 e. The third-order valence-electron chi connectivity index (χ3n) is 4.65. The number of carbonyl (C=O) groups is 2. The van der Waals surface area contributed by atoms with Gasteiger partial charge in [-0.15, -0.1) is 11.3 Å². The van der Waals surface area contributed by atoms with Gasteiger partial charge >= 0.3 is 5.97 Å². The molecule has 8 heteroatoms. The molecule has 0 radical (unpaired) electrons. The number of rotatable bonds is 7. The molecule has 1 aliphatic heterocycles. The average molecular weight is 366 g/mol. The SMILES string of the molecule is CCOC(=O)c1nc(CN2CCN([C@@H](C)C(=O)NC3CC3)CC2)cs1. The van der Waals surface area contributed by atoms with Crippen LogP contribution in [0, 0.1) is 0 Å². The Hall–Kier alpha value is -1.51. The summed E-state index contributed by atoms with van der Waals surface area (Å²) in [5, 5.41) is 5.42. The summed E-state index contributed by atoms with van der Waals surface area (Å²) < 4.78 is 4.98. The van der Waals surface area contributed by atoms with E-state index in [0.29, 0.717) is 17.7 Å². The van der Waals surface area contributed by atoms with Gasteiger partial charge in [-0.3, -0.25) is 14.6 Å². The van der Waals surface area contributed by atoms with Gasteiger partial charge in [0.05, 0.1) is 18.3 Å². The second-order valence-electron chi connectivity index (χ2n) is 6.64. The highest BCUT2D eigenvalue weighted by Crippen LogP contribution is 2.19. The summed E-state index contributed by atoms with van der Waals surface area (Å²) in [6.07, 6.45) is 2.24. The van der Waals surface area contributed by atoms with E-state index in [1.54, 1.807) is 6.92 Å². The van der Waals surface area contributed by atoms with Gasteiger partial charge in [0.25, 0.3) is 0 Å². The van der Waals surface area contributed by atoms with Crippen molar-refractivity contribution in [2.45, 2.75) is 45.3 Å². The molecule has 2 aliphatic rings. The van der Waals surface area contributed by atoms with Crippen molar-refractivity contribution in [3.63, 3.8) is 0 Å². The van der Waals surface area contributed by atoms with E-state index in [2.05, 4.69) is 20.1 Å². The van der Waals surface area contributed by atoms with Gasteiger partial charge in [0.2, 0.25) is 10.9 Å². The second kappa shape index (κ2) is 8.25. The van der Waals surface area contributed by atoms with Gasteiger partial charge in [0.1, 0.15) is 0 Å². The van der Waals surface area contributed by atoms with E-state index in [1.807, 2.05) is 12.3 Å². The molecule has 7 nitrogen and oxygen atoms in total. The van der Waals surface area contributed by atoms with Crippen LogP contribution in [0.4, 0.5) is 0 Å². The minimum absolute atomic E-state index is 0.0718. The highest BCUT2D eigenvalue weighted by Gasteiger charge is 2.30. The summed E-state index contributed by atoms with van der Waals surface area (Å²) in [6.45, 7) is 8.40. The van der Waals surface area contributed by atoms with E-state index in [-0.39, 0.29) is 17.9 Å². The Labute approximate surface area is 152 Å². The van der Waals surface area contributed by atoms with Crippen molar-refractivity contribution in [1.29, 1.82) is 0 Å². The molecule has 1 aliphatic carbocycles. The van der Waals surface area contributed by atoms with Crippen LogP contribution in [-0.2, 0) is 16.1 Å². The molecule has 138 valence electrons. The highest BCUT2D eigenvalue weighted by molar-refractivity contribution is 7.11. The second-order valence-corrected chi connectivity index (χ2v) is 7.49. The van der Waals surface area contributed by atoms with Crippen LogP contribution in [0.15, 0.2) is 5.38 Å². The summed E-state index contributed by atoms with van der Waals surface area (Å²) in [5.74, 6) is -0.200. The number of esters is 1. The minimum Gasteiger partial charge on any atom is -0.461 e. The maximum atomic E-state index is 12.2. The van der Waals surface area contributed by atoms with Crippen LogP contribution in [-0.4, -0.2) is 71.5 Å². The van der Waals surface area contributed by atoms with Crippen LogP contribution in [0.1, 0.15) is 42.2 Å². The van der Waals surface area contributed by atoms with Gasteiger partial charge in [-0.1, -0.05) is 0 Å². The van der Waals surface area contributed by atoms with Gasteiger partial charge in [-0.2, -0.15) is 0 Å². The monoisotopic (exact) mass is 366 g/mol. The molecule has 1 amide bonds. The molecule has 3 rings (SSSR count). The molecule has 1 saturated heterocycles. The Morgan fingerprint density at radius 2 is 2.08 bits per heavy atom. The predicted octanol–water partition coefficient (Wildman–Crippen LogP) is 1.10. The predicted molar refractivity (Wildman–Crippen MR) is 95.5 cm³/mol. The molecule has 25 heavy (non-hydrogen) atoms. The lowest BCUT2D eigenvalue weighted by Gasteiger charge is -2.37. The van der Waals surface area contributed by atoms with E-state index < -0.39 is 0 Å². The fraction of sp³-hybridized carbons (Fsp3) is 0.706. The Balaban J connectivity index is 1.44. The maximum Gasteiger partial charge on any atom is 0.367 e. The van der Waals surface area contributed by atoms with Crippen molar-refractivity contribution in [3.8, 4) is 0 Å². The summed E-state index contributed by atoms with van der Waals surface area (Å²) in [4.78, 5) is 32.8. The van der Waals surface area contributed by atoms with Crippen LogP contribution in [0.3, 0.4) is 0 Å². The first-order chi connectivity index (χ1) is 12.1. The average Bonchev–Trinajstić information content (AvgIpc) is 3.30. The molecule has 0 bridgehead atoms. The third-order valence-corrected chi connectivity index (χ3v) is 5.52. The topological polar surface area (TPSA) is 74.8 Å². The molecule has 1 saturated carbocycles. The molecule has 0 spiro atoms. The number of aromatic nitrogens is 1. The molecule has 1 N–H and O–H groups in total.